The van der Waals surface area contributed by atoms with Crippen LogP contribution in [0.25, 0.3) is 11.0 Å². The molecule has 7 rings (SSSR count). The highest BCUT2D eigenvalue weighted by atomic mass is 32.2. The Labute approximate surface area is 285 Å². The number of rotatable bonds is 9. The number of aryl methyl sites for hydroxylation is 2. The van der Waals surface area contributed by atoms with Crippen LogP contribution < -0.4 is 10.5 Å². The Balaban J connectivity index is 1.00. The number of fused-ring (bicyclic) bond motifs is 3. The number of hydrogen-bond acceptors (Lipinski definition) is 5. The van der Waals surface area contributed by atoms with Gasteiger partial charge in [0.1, 0.15) is 5.82 Å². The number of imidazole rings is 1. The van der Waals surface area contributed by atoms with Crippen molar-refractivity contribution in [1.82, 2.24) is 19.8 Å². The molecule has 3 heterocycles. The van der Waals surface area contributed by atoms with Gasteiger partial charge in [0.15, 0.2) is 0 Å². The Kier molecular flexibility index (Phi) is 8.98. The molecular weight excluding hydrogens is 619 g/mol. The van der Waals surface area contributed by atoms with Gasteiger partial charge in [-0.15, -0.1) is 0 Å². The smallest absolute Gasteiger partial charge is 0.252 e. The van der Waals surface area contributed by atoms with Gasteiger partial charge in [-0.3, -0.25) is 9.69 Å². The summed E-state index contributed by atoms with van der Waals surface area (Å²) < 4.78 is 26.8. The van der Waals surface area contributed by atoms with Crippen molar-refractivity contribution in [2.24, 2.45) is 5.14 Å². The summed E-state index contributed by atoms with van der Waals surface area (Å²) in [6.45, 7) is 6.80. The van der Waals surface area contributed by atoms with Crippen LogP contribution >= 0.6 is 0 Å². The third kappa shape index (κ3) is 6.21. The minimum atomic E-state index is -3.92. The fourth-order valence-electron chi connectivity index (χ4n) is 9.58. The summed E-state index contributed by atoms with van der Waals surface area (Å²) in [5.41, 5.74) is 5.45. The molecule has 4 aromatic rings. The van der Waals surface area contributed by atoms with Gasteiger partial charge in [0.05, 0.1) is 15.9 Å². The Morgan fingerprint density at radius 2 is 1.56 bits per heavy atom. The predicted molar refractivity (Wildman–Crippen MR) is 191 cm³/mol. The molecule has 8 nitrogen and oxygen atoms in total. The van der Waals surface area contributed by atoms with E-state index in [0.717, 1.165) is 62.0 Å². The molecule has 0 radical (unpaired) electrons. The molecule has 0 spiro atoms. The molecule has 3 N–H and O–H groups in total. The van der Waals surface area contributed by atoms with Gasteiger partial charge in [-0.1, -0.05) is 48.5 Å². The maximum atomic E-state index is 13.5. The number of piperidine rings is 1. The highest BCUT2D eigenvalue weighted by Crippen LogP contribution is 2.45. The van der Waals surface area contributed by atoms with Crippen LogP contribution in [-0.4, -0.2) is 53.4 Å². The largest absolute Gasteiger partial charge is 0.349 e. The average Bonchev–Trinajstić information content (AvgIpc) is 3.51. The number of primary sulfonamides is 1. The second-order valence-electron chi connectivity index (χ2n) is 14.7. The Morgan fingerprint density at radius 1 is 0.896 bits per heavy atom. The Bertz CT molecular complexity index is 1900. The third-order valence-corrected chi connectivity index (χ3v) is 12.9. The molecule has 1 aliphatic carbocycles. The van der Waals surface area contributed by atoms with Crippen molar-refractivity contribution in [2.75, 3.05) is 6.54 Å². The van der Waals surface area contributed by atoms with Crippen LogP contribution in [-0.2, 0) is 15.4 Å². The van der Waals surface area contributed by atoms with Crippen LogP contribution in [0.15, 0.2) is 71.6 Å². The van der Waals surface area contributed by atoms with Crippen LogP contribution in [0.3, 0.4) is 0 Å². The predicted octanol–water partition coefficient (Wildman–Crippen LogP) is 6.87. The minimum Gasteiger partial charge on any atom is -0.349 e. The number of carbonyl (C=O) groups is 1. The zero-order chi connectivity index (χ0) is 33.6. The van der Waals surface area contributed by atoms with Gasteiger partial charge >= 0.3 is 0 Å². The molecule has 2 atom stereocenters. The molecule has 2 unspecified atom stereocenters. The first kappa shape index (κ1) is 33.0. The monoisotopic (exact) mass is 667 g/mol. The maximum Gasteiger partial charge on any atom is 0.252 e. The number of nitrogens with one attached hydrogen (secondary N) is 1. The summed E-state index contributed by atoms with van der Waals surface area (Å²) in [5.74, 6) is 0.915. The van der Waals surface area contributed by atoms with Crippen molar-refractivity contribution in [2.45, 2.75) is 119 Å². The summed E-state index contributed by atoms with van der Waals surface area (Å²) in [7, 11) is -3.92. The normalized spacial score (nSPS) is 26.2. The minimum absolute atomic E-state index is 0.00740. The van der Waals surface area contributed by atoms with Crippen molar-refractivity contribution in [1.29, 1.82) is 0 Å². The van der Waals surface area contributed by atoms with E-state index in [1.807, 2.05) is 6.92 Å². The number of carbonyl (C=O) groups excluding carboxylic acids is 1. The number of para-hydroxylation sites is 2. The number of sulfonamides is 1. The van der Waals surface area contributed by atoms with Gasteiger partial charge < -0.3 is 9.88 Å². The van der Waals surface area contributed by atoms with Crippen molar-refractivity contribution < 1.29 is 13.2 Å². The number of aromatic nitrogens is 2. The SMILES string of the molecule is Cc1ccc(S(N)(=O)=O)c(C)c1C(=O)NC1CCC(CCCN2C3CCC2CC(n2c(C)nc4ccccc42)C3)(c2ccccc2)CC1. The molecule has 1 saturated carbocycles. The number of nitrogens with two attached hydrogens (primary N) is 1. The first-order valence-corrected chi connectivity index (χ1v) is 19.3. The lowest BCUT2D eigenvalue weighted by Crippen LogP contribution is -2.45. The summed E-state index contributed by atoms with van der Waals surface area (Å²) in [6.07, 6.45) is 11.1. The molecule has 3 aliphatic rings. The van der Waals surface area contributed by atoms with Crippen LogP contribution in [0.5, 0.6) is 0 Å². The Hall–Kier alpha value is -3.53. The summed E-state index contributed by atoms with van der Waals surface area (Å²) in [6, 6.07) is 24.5. The molecule has 254 valence electrons. The molecule has 3 fully saturated rings. The first-order chi connectivity index (χ1) is 23.0. The van der Waals surface area contributed by atoms with Gasteiger partial charge in [-0.25, -0.2) is 18.5 Å². The second kappa shape index (κ2) is 13.1. The van der Waals surface area contributed by atoms with E-state index in [-0.39, 0.29) is 22.3 Å². The number of nitrogens with zero attached hydrogens (tertiary/aromatic N) is 3. The topological polar surface area (TPSA) is 110 Å². The fourth-order valence-corrected chi connectivity index (χ4v) is 10.4. The van der Waals surface area contributed by atoms with Crippen molar-refractivity contribution >= 4 is 27.0 Å². The van der Waals surface area contributed by atoms with Gasteiger partial charge in [-0.2, -0.15) is 0 Å². The Morgan fingerprint density at radius 3 is 2.25 bits per heavy atom. The fraction of sp³-hybridized carbons (Fsp3) is 0.487. The molecule has 2 saturated heterocycles. The molecule has 3 aromatic carbocycles. The number of benzene rings is 3. The van der Waals surface area contributed by atoms with Gasteiger partial charge in [0.25, 0.3) is 5.91 Å². The zero-order valence-corrected chi connectivity index (χ0v) is 29.3. The van der Waals surface area contributed by atoms with Crippen molar-refractivity contribution in [3.63, 3.8) is 0 Å². The second-order valence-corrected chi connectivity index (χ2v) is 16.2. The lowest BCUT2D eigenvalue weighted by molar-refractivity contribution is 0.0904. The van der Waals surface area contributed by atoms with Crippen molar-refractivity contribution in [3.8, 4) is 0 Å². The summed E-state index contributed by atoms with van der Waals surface area (Å²) in [5, 5.41) is 8.69. The standard InChI is InChI=1S/C39H49N5O3S/c1-26-14-17-36(48(40,46)47)27(2)37(26)38(45)42-30-18-21-39(22-19-30,29-10-5-4-6-11-29)20-9-23-43-31-15-16-32(43)25-33(24-31)44-28(3)41-34-12-7-8-13-35(34)44/h4-8,10-14,17,30-33H,9,15-16,18-25H2,1-3H3,(H,42,45)(H2,40,46,47). The molecule has 1 amide bonds. The molecule has 2 bridgehead atoms. The van der Waals surface area contributed by atoms with Crippen LogP contribution in [0.1, 0.15) is 103 Å². The molecule has 48 heavy (non-hydrogen) atoms. The quantitative estimate of drug-likeness (QED) is 0.203. The van der Waals surface area contributed by atoms with E-state index < -0.39 is 10.0 Å². The first-order valence-electron chi connectivity index (χ1n) is 17.7. The van der Waals surface area contributed by atoms with E-state index in [2.05, 4.69) is 76.3 Å². The van der Waals surface area contributed by atoms with E-state index in [4.69, 9.17) is 10.1 Å². The summed E-state index contributed by atoms with van der Waals surface area (Å²) in [4.78, 5) is 21.2. The van der Waals surface area contributed by atoms with E-state index in [9.17, 15) is 13.2 Å². The van der Waals surface area contributed by atoms with Gasteiger partial charge in [0, 0.05) is 29.7 Å². The number of hydrogen-bond donors (Lipinski definition) is 2. The van der Waals surface area contributed by atoms with E-state index in [1.54, 1.807) is 13.0 Å². The molecule has 2 aliphatic heterocycles. The van der Waals surface area contributed by atoms with Gasteiger partial charge in [-0.05, 0) is 132 Å². The van der Waals surface area contributed by atoms with Crippen LogP contribution in [0, 0.1) is 20.8 Å². The zero-order valence-electron chi connectivity index (χ0n) is 28.5. The lowest BCUT2D eigenvalue weighted by atomic mass is 9.65. The molecular formula is C39H49N5O3S. The molecule has 9 heteroatoms. The number of amides is 1. The van der Waals surface area contributed by atoms with Crippen LogP contribution in [0.4, 0.5) is 0 Å². The van der Waals surface area contributed by atoms with Gasteiger partial charge in [0.2, 0.25) is 10.0 Å². The highest BCUT2D eigenvalue weighted by molar-refractivity contribution is 7.89. The van der Waals surface area contributed by atoms with E-state index >= 15 is 0 Å². The third-order valence-electron chi connectivity index (χ3n) is 11.9. The van der Waals surface area contributed by atoms with Crippen molar-refractivity contribution in [3.05, 3.63) is 94.8 Å². The summed E-state index contributed by atoms with van der Waals surface area (Å²) >= 11 is 0. The maximum absolute atomic E-state index is 13.5. The van der Waals surface area contributed by atoms with E-state index in [1.165, 1.54) is 42.8 Å². The highest BCUT2D eigenvalue weighted by Gasteiger charge is 2.43. The average molecular weight is 668 g/mol. The van der Waals surface area contributed by atoms with Crippen LogP contribution in [0.2, 0.25) is 0 Å². The van der Waals surface area contributed by atoms with E-state index in [0.29, 0.717) is 29.3 Å². The molecule has 1 aromatic heterocycles. The lowest BCUT2D eigenvalue weighted by Gasteiger charge is -2.43.